The maximum absolute atomic E-state index is 13.3. The molecule has 9 nitrogen and oxygen atoms in total. The van der Waals surface area contributed by atoms with Gasteiger partial charge in [-0.3, -0.25) is 19.3 Å². The lowest BCUT2D eigenvalue weighted by molar-refractivity contribution is -0.141. The van der Waals surface area contributed by atoms with Crippen molar-refractivity contribution in [2.75, 3.05) is 27.2 Å². The summed E-state index contributed by atoms with van der Waals surface area (Å²) in [6.07, 6.45) is 2.44. The van der Waals surface area contributed by atoms with Crippen molar-refractivity contribution >= 4 is 17.7 Å². The molecule has 0 radical (unpaired) electrons. The summed E-state index contributed by atoms with van der Waals surface area (Å²) in [5.41, 5.74) is 7.84. The molecule has 0 spiro atoms. The molecular weight excluding hydrogens is 432 g/mol. The predicted octanol–water partition coefficient (Wildman–Crippen LogP) is 0.575. The van der Waals surface area contributed by atoms with Gasteiger partial charge in [-0.25, -0.2) is 0 Å². The zero-order chi connectivity index (χ0) is 24.3. The Kier molecular flexibility index (Phi) is 5.61. The zero-order valence-corrected chi connectivity index (χ0v) is 19.9. The van der Waals surface area contributed by atoms with E-state index in [4.69, 9.17) is 5.73 Å². The van der Waals surface area contributed by atoms with Crippen LogP contribution in [0, 0.1) is 17.2 Å². The Balaban J connectivity index is 1.24. The first kappa shape index (κ1) is 22.8. The fourth-order valence-electron chi connectivity index (χ4n) is 6.16. The monoisotopic (exact) mass is 464 g/mol. The van der Waals surface area contributed by atoms with Crippen molar-refractivity contribution in [3.63, 3.8) is 0 Å². The highest BCUT2D eigenvalue weighted by Crippen LogP contribution is 2.48. The van der Waals surface area contributed by atoms with E-state index in [0.29, 0.717) is 24.6 Å². The van der Waals surface area contributed by atoms with E-state index >= 15 is 0 Å². The molecule has 1 unspecified atom stereocenters. The molecule has 180 valence electrons. The first-order chi connectivity index (χ1) is 16.2. The minimum Gasteiger partial charge on any atom is -0.345 e. The molecule has 34 heavy (non-hydrogen) atoms. The van der Waals surface area contributed by atoms with Crippen molar-refractivity contribution < 1.29 is 14.4 Å². The number of carbonyl (C=O) groups excluding carboxylic acids is 3. The molecule has 2 N–H and O–H groups in total. The lowest BCUT2D eigenvalue weighted by Crippen LogP contribution is -2.57. The van der Waals surface area contributed by atoms with Crippen LogP contribution < -0.4 is 5.73 Å². The number of amides is 3. The predicted molar refractivity (Wildman–Crippen MR) is 124 cm³/mol. The topological polar surface area (TPSA) is 114 Å². The van der Waals surface area contributed by atoms with E-state index in [1.54, 1.807) is 30.0 Å². The highest BCUT2D eigenvalue weighted by atomic mass is 16.2. The van der Waals surface area contributed by atoms with Crippen molar-refractivity contribution in [2.45, 2.75) is 62.4 Å². The number of nitrogens with two attached hydrogens (primary N) is 1. The summed E-state index contributed by atoms with van der Waals surface area (Å²) in [6.45, 7) is 3.00. The number of piperazine rings is 1. The number of hydrogen-bond acceptors (Lipinski definition) is 6. The number of hydrogen-bond donors (Lipinski definition) is 1. The fraction of sp³-hybridized carbons (Fsp3) is 0.600. The maximum Gasteiger partial charge on any atom is 0.253 e. The van der Waals surface area contributed by atoms with E-state index < -0.39 is 6.04 Å². The van der Waals surface area contributed by atoms with Gasteiger partial charge in [0.15, 0.2) is 0 Å². The van der Waals surface area contributed by atoms with Crippen molar-refractivity contribution in [1.82, 2.24) is 19.6 Å². The fourth-order valence-corrected chi connectivity index (χ4v) is 6.16. The van der Waals surface area contributed by atoms with Crippen LogP contribution in [-0.4, -0.2) is 94.7 Å². The third-order valence-corrected chi connectivity index (χ3v) is 8.01. The third-order valence-electron chi connectivity index (χ3n) is 8.01. The van der Waals surface area contributed by atoms with Crippen molar-refractivity contribution in [2.24, 2.45) is 11.7 Å². The summed E-state index contributed by atoms with van der Waals surface area (Å²) >= 11 is 0. The first-order valence-corrected chi connectivity index (χ1v) is 12.1. The molecule has 3 aliphatic heterocycles. The van der Waals surface area contributed by atoms with E-state index in [1.165, 1.54) is 0 Å². The summed E-state index contributed by atoms with van der Waals surface area (Å²) < 4.78 is 0. The van der Waals surface area contributed by atoms with Gasteiger partial charge in [0.25, 0.3) is 5.91 Å². The number of rotatable bonds is 6. The summed E-state index contributed by atoms with van der Waals surface area (Å²) in [5, 5.41) is 9.39. The van der Waals surface area contributed by atoms with Crippen LogP contribution in [0.2, 0.25) is 0 Å². The van der Waals surface area contributed by atoms with Crippen LogP contribution in [0.5, 0.6) is 0 Å². The number of nitriles is 1. The largest absolute Gasteiger partial charge is 0.345 e. The first-order valence-electron chi connectivity index (χ1n) is 12.1. The quantitative estimate of drug-likeness (QED) is 0.659. The molecule has 4 fully saturated rings. The van der Waals surface area contributed by atoms with Crippen LogP contribution in [0.3, 0.4) is 0 Å². The summed E-state index contributed by atoms with van der Waals surface area (Å²) in [6, 6.07) is 8.39. The highest BCUT2D eigenvalue weighted by molar-refractivity contribution is 5.94. The van der Waals surface area contributed by atoms with E-state index in [-0.39, 0.29) is 47.9 Å². The van der Waals surface area contributed by atoms with E-state index in [0.717, 1.165) is 24.8 Å². The Labute approximate surface area is 200 Å². The average Bonchev–Trinajstić information content (AvgIpc) is 3.15. The molecule has 3 heterocycles. The van der Waals surface area contributed by atoms with E-state index in [2.05, 4.69) is 6.07 Å². The number of likely N-dealkylation sites (tertiary alicyclic amines) is 3. The van der Waals surface area contributed by atoms with Crippen LogP contribution in [0.15, 0.2) is 24.3 Å². The molecule has 5 rings (SSSR count). The van der Waals surface area contributed by atoms with Crippen molar-refractivity contribution in [1.29, 1.82) is 5.26 Å². The molecule has 7 atom stereocenters. The van der Waals surface area contributed by atoms with Crippen LogP contribution in [0.25, 0.3) is 0 Å². The number of piperidine rings is 1. The lowest BCUT2D eigenvalue weighted by Gasteiger charge is -2.38. The minimum atomic E-state index is -0.734. The molecule has 1 aromatic rings. The van der Waals surface area contributed by atoms with Gasteiger partial charge in [0.1, 0.15) is 6.04 Å². The van der Waals surface area contributed by atoms with Crippen molar-refractivity contribution in [3.8, 4) is 6.07 Å². The van der Waals surface area contributed by atoms with E-state index in [1.807, 2.05) is 34.9 Å². The Morgan fingerprint density at radius 3 is 2.71 bits per heavy atom. The minimum absolute atomic E-state index is 0.0473. The SMILES string of the molecule is C[C@H](c1cccc(C(=O)N(C)C)c1)N1C(=O)[C@@H]2C[C@H]1CN2C[C@H](N)C(=O)N1C2C[C@H]2C[C@H]1C#N. The number of fused-ring (bicyclic) bond motifs is 3. The van der Waals surface area contributed by atoms with Gasteiger partial charge in [-0.2, -0.15) is 5.26 Å². The Morgan fingerprint density at radius 2 is 2.03 bits per heavy atom. The molecule has 0 aromatic heterocycles. The lowest BCUT2D eigenvalue weighted by atomic mass is 10.0. The van der Waals surface area contributed by atoms with Gasteiger partial charge in [-0.1, -0.05) is 12.1 Å². The molecule has 3 amide bonds. The molecular formula is C25H32N6O3. The van der Waals surface area contributed by atoms with Gasteiger partial charge >= 0.3 is 0 Å². The number of nitrogens with zero attached hydrogens (tertiary/aromatic N) is 5. The molecule has 3 saturated heterocycles. The van der Waals surface area contributed by atoms with Gasteiger partial charge < -0.3 is 20.4 Å². The molecule has 4 aliphatic rings. The average molecular weight is 465 g/mol. The van der Waals surface area contributed by atoms with Crippen LogP contribution in [-0.2, 0) is 9.59 Å². The van der Waals surface area contributed by atoms with Gasteiger partial charge in [0.05, 0.1) is 24.2 Å². The normalized spacial score (nSPS) is 31.3. The Hall–Kier alpha value is -2.96. The summed E-state index contributed by atoms with van der Waals surface area (Å²) in [5.74, 6) is 0.263. The third kappa shape index (κ3) is 3.65. The van der Waals surface area contributed by atoms with Crippen LogP contribution >= 0.6 is 0 Å². The molecule has 2 bridgehead atoms. The molecule has 1 aromatic carbocycles. The van der Waals surface area contributed by atoms with Gasteiger partial charge in [0, 0.05) is 44.8 Å². The highest BCUT2D eigenvalue weighted by Gasteiger charge is 2.56. The second-order valence-electron chi connectivity index (χ2n) is 10.4. The second kappa shape index (κ2) is 8.36. The van der Waals surface area contributed by atoms with E-state index in [9.17, 15) is 19.6 Å². The number of carbonyl (C=O) groups is 3. The van der Waals surface area contributed by atoms with Crippen LogP contribution in [0.4, 0.5) is 0 Å². The van der Waals surface area contributed by atoms with Crippen molar-refractivity contribution in [3.05, 3.63) is 35.4 Å². The standard InChI is InChI=1S/C25H32N6O3/c1-14(15-5-4-6-16(7-15)23(32)28(2)3)30-19-10-22(25(30)34)29(12-19)13-20(27)24(33)31-18(11-26)8-17-9-21(17)31/h4-7,14,17-22H,8-10,12-13,27H2,1-3H3/t14-,17-,18+,19+,20+,21?,22+/m1/s1. The van der Waals surface area contributed by atoms with Gasteiger partial charge in [0.2, 0.25) is 11.8 Å². The summed E-state index contributed by atoms with van der Waals surface area (Å²) in [4.78, 5) is 45.9. The van der Waals surface area contributed by atoms with Crippen LogP contribution in [0.1, 0.15) is 48.1 Å². The van der Waals surface area contributed by atoms with Gasteiger partial charge in [-0.05, 0) is 49.8 Å². The number of benzene rings is 1. The Bertz CT molecular complexity index is 1070. The smallest absolute Gasteiger partial charge is 0.253 e. The van der Waals surface area contributed by atoms with Gasteiger partial charge in [-0.15, -0.1) is 0 Å². The molecule has 9 heteroatoms. The summed E-state index contributed by atoms with van der Waals surface area (Å²) in [7, 11) is 3.44. The maximum atomic E-state index is 13.3. The zero-order valence-electron chi connectivity index (χ0n) is 19.9. The Morgan fingerprint density at radius 1 is 1.26 bits per heavy atom. The molecule has 1 aliphatic carbocycles. The molecule has 1 saturated carbocycles. The second-order valence-corrected chi connectivity index (χ2v) is 10.4.